The highest BCUT2D eigenvalue weighted by Gasteiger charge is 2.49. The van der Waals surface area contributed by atoms with Crippen molar-refractivity contribution in [1.29, 1.82) is 0 Å². The van der Waals surface area contributed by atoms with Gasteiger partial charge >= 0.3 is 0 Å². The SMILES string of the molecule is c1cncc(CO[C@@H]2CSC3(C2)CN(CC2CCC2)C3)c1. The van der Waals surface area contributed by atoms with Gasteiger partial charge in [0.25, 0.3) is 0 Å². The predicted molar refractivity (Wildman–Crippen MR) is 86.4 cm³/mol. The van der Waals surface area contributed by atoms with E-state index in [9.17, 15) is 0 Å². The average molecular weight is 304 g/mol. The summed E-state index contributed by atoms with van der Waals surface area (Å²) in [6, 6.07) is 4.07. The second-order valence-corrected chi connectivity index (χ2v) is 8.45. The van der Waals surface area contributed by atoms with Crippen LogP contribution in [0.4, 0.5) is 0 Å². The molecule has 0 radical (unpaired) electrons. The zero-order valence-electron chi connectivity index (χ0n) is 12.5. The molecule has 1 saturated carbocycles. The lowest BCUT2D eigenvalue weighted by Crippen LogP contribution is -2.60. The molecule has 1 spiro atoms. The molecule has 3 heterocycles. The van der Waals surface area contributed by atoms with E-state index in [0.717, 1.165) is 11.7 Å². The number of ether oxygens (including phenoxy) is 1. The van der Waals surface area contributed by atoms with Gasteiger partial charge in [-0.25, -0.2) is 0 Å². The molecule has 1 aromatic heterocycles. The fourth-order valence-electron chi connectivity index (χ4n) is 3.77. The quantitative estimate of drug-likeness (QED) is 0.835. The zero-order chi connectivity index (χ0) is 14.1. The van der Waals surface area contributed by atoms with Gasteiger partial charge in [-0.2, -0.15) is 0 Å². The zero-order valence-corrected chi connectivity index (χ0v) is 13.4. The molecule has 2 saturated heterocycles. The highest BCUT2D eigenvalue weighted by molar-refractivity contribution is 8.01. The molecule has 0 N–H and O–H groups in total. The van der Waals surface area contributed by atoms with Crippen LogP contribution in [0, 0.1) is 5.92 Å². The molecule has 1 aliphatic carbocycles. The highest BCUT2D eigenvalue weighted by Crippen LogP contribution is 2.46. The standard InChI is InChI=1S/C17H24N2OS/c1-3-14(4-1)9-19-12-17(13-19)7-16(11-21-17)20-10-15-5-2-6-18-8-15/h2,5-6,8,14,16H,1,3-4,7,9-13H2/t16-/m0/s1. The third kappa shape index (κ3) is 3.13. The molecule has 2 aliphatic heterocycles. The van der Waals surface area contributed by atoms with Gasteiger partial charge in [-0.1, -0.05) is 12.5 Å². The summed E-state index contributed by atoms with van der Waals surface area (Å²) >= 11 is 2.15. The van der Waals surface area contributed by atoms with E-state index in [-0.39, 0.29) is 0 Å². The second-order valence-electron chi connectivity index (χ2n) is 6.96. The summed E-state index contributed by atoms with van der Waals surface area (Å²) in [7, 11) is 0. The lowest BCUT2D eigenvalue weighted by Gasteiger charge is -2.49. The molecule has 3 fully saturated rings. The van der Waals surface area contributed by atoms with Crippen molar-refractivity contribution in [3.8, 4) is 0 Å². The Kier molecular flexibility index (Phi) is 3.94. The maximum absolute atomic E-state index is 6.09. The molecule has 4 heteroatoms. The first-order valence-corrected chi connectivity index (χ1v) is 9.17. The van der Waals surface area contributed by atoms with Crippen LogP contribution in [0.3, 0.4) is 0 Å². The Balaban J connectivity index is 1.21. The number of hydrogen-bond acceptors (Lipinski definition) is 4. The fourth-order valence-corrected chi connectivity index (χ4v) is 5.37. The van der Waals surface area contributed by atoms with Gasteiger partial charge in [0.15, 0.2) is 0 Å². The minimum Gasteiger partial charge on any atom is -0.373 e. The Hall–Kier alpha value is -0.580. The molecule has 21 heavy (non-hydrogen) atoms. The van der Waals surface area contributed by atoms with E-state index in [1.165, 1.54) is 50.9 Å². The summed E-state index contributed by atoms with van der Waals surface area (Å²) in [4.78, 5) is 6.81. The molecule has 1 atom stereocenters. The lowest BCUT2D eigenvalue weighted by atomic mass is 9.83. The van der Waals surface area contributed by atoms with Crippen LogP contribution < -0.4 is 0 Å². The molecule has 3 aliphatic rings. The number of aromatic nitrogens is 1. The lowest BCUT2D eigenvalue weighted by molar-refractivity contribution is 0.0208. The van der Waals surface area contributed by atoms with E-state index >= 15 is 0 Å². The van der Waals surface area contributed by atoms with Gasteiger partial charge in [-0.15, -0.1) is 11.8 Å². The molecule has 4 rings (SSSR count). The van der Waals surface area contributed by atoms with Crippen LogP contribution in [0.25, 0.3) is 0 Å². The summed E-state index contributed by atoms with van der Waals surface area (Å²) in [6.07, 6.45) is 9.78. The van der Waals surface area contributed by atoms with Crippen molar-refractivity contribution < 1.29 is 4.74 Å². The molecule has 0 aromatic carbocycles. The summed E-state index contributed by atoms with van der Waals surface area (Å²) < 4.78 is 6.61. The predicted octanol–water partition coefficient (Wildman–Crippen LogP) is 2.96. The first-order chi connectivity index (χ1) is 10.3. The van der Waals surface area contributed by atoms with Crippen molar-refractivity contribution in [2.24, 2.45) is 5.92 Å². The van der Waals surface area contributed by atoms with Crippen molar-refractivity contribution in [2.45, 2.75) is 43.1 Å². The smallest absolute Gasteiger partial charge is 0.0736 e. The minimum atomic E-state index is 0.432. The van der Waals surface area contributed by atoms with Crippen LogP contribution in [0.5, 0.6) is 0 Å². The van der Waals surface area contributed by atoms with Crippen LogP contribution in [0.2, 0.25) is 0 Å². The monoisotopic (exact) mass is 304 g/mol. The summed E-state index contributed by atoms with van der Waals surface area (Å²) in [5, 5.41) is 0. The van der Waals surface area contributed by atoms with Gasteiger partial charge in [-0.3, -0.25) is 4.98 Å². The van der Waals surface area contributed by atoms with Crippen molar-refractivity contribution in [2.75, 3.05) is 25.4 Å². The number of hydrogen-bond donors (Lipinski definition) is 0. The molecule has 3 nitrogen and oxygen atoms in total. The van der Waals surface area contributed by atoms with E-state index in [0.29, 0.717) is 17.5 Å². The van der Waals surface area contributed by atoms with Gasteiger partial charge in [0.2, 0.25) is 0 Å². The van der Waals surface area contributed by atoms with Crippen molar-refractivity contribution in [1.82, 2.24) is 9.88 Å². The van der Waals surface area contributed by atoms with Crippen LogP contribution in [0.1, 0.15) is 31.2 Å². The maximum Gasteiger partial charge on any atom is 0.0736 e. The molecule has 114 valence electrons. The van der Waals surface area contributed by atoms with Gasteiger partial charge < -0.3 is 9.64 Å². The van der Waals surface area contributed by atoms with E-state index in [4.69, 9.17) is 4.74 Å². The van der Waals surface area contributed by atoms with Crippen molar-refractivity contribution in [3.63, 3.8) is 0 Å². The largest absolute Gasteiger partial charge is 0.373 e. The first-order valence-electron chi connectivity index (χ1n) is 8.18. The molecule has 0 unspecified atom stereocenters. The average Bonchev–Trinajstić information content (AvgIpc) is 2.85. The Morgan fingerprint density at radius 1 is 1.38 bits per heavy atom. The topological polar surface area (TPSA) is 25.4 Å². The third-order valence-electron chi connectivity index (χ3n) is 5.15. The van der Waals surface area contributed by atoms with Crippen LogP contribution >= 0.6 is 11.8 Å². The Morgan fingerprint density at radius 3 is 3.00 bits per heavy atom. The fraction of sp³-hybridized carbons (Fsp3) is 0.706. The minimum absolute atomic E-state index is 0.432. The number of likely N-dealkylation sites (tertiary alicyclic amines) is 1. The van der Waals surface area contributed by atoms with Crippen LogP contribution in [-0.2, 0) is 11.3 Å². The molecular weight excluding hydrogens is 280 g/mol. The highest BCUT2D eigenvalue weighted by atomic mass is 32.2. The summed E-state index contributed by atoms with van der Waals surface area (Å²) in [6.45, 7) is 4.65. The maximum atomic E-state index is 6.09. The van der Waals surface area contributed by atoms with Crippen molar-refractivity contribution in [3.05, 3.63) is 30.1 Å². The first kappa shape index (κ1) is 14.0. The summed E-state index contributed by atoms with van der Waals surface area (Å²) in [5.74, 6) is 2.17. The van der Waals surface area contributed by atoms with E-state index in [1.807, 2.05) is 18.5 Å². The van der Waals surface area contributed by atoms with Gasteiger partial charge in [0.1, 0.15) is 0 Å². The van der Waals surface area contributed by atoms with E-state index in [2.05, 4.69) is 27.7 Å². The van der Waals surface area contributed by atoms with Gasteiger partial charge in [0, 0.05) is 42.5 Å². The van der Waals surface area contributed by atoms with Crippen molar-refractivity contribution >= 4 is 11.8 Å². The number of nitrogens with zero attached hydrogens (tertiary/aromatic N) is 2. The second kappa shape index (κ2) is 5.90. The molecular formula is C17H24N2OS. The number of pyridine rings is 1. The Bertz CT molecular complexity index is 471. The van der Waals surface area contributed by atoms with Gasteiger partial charge in [-0.05, 0) is 36.8 Å². The molecule has 0 amide bonds. The van der Waals surface area contributed by atoms with E-state index in [1.54, 1.807) is 0 Å². The van der Waals surface area contributed by atoms with E-state index < -0.39 is 0 Å². The number of thioether (sulfide) groups is 1. The Morgan fingerprint density at radius 2 is 2.29 bits per heavy atom. The Labute approximate surface area is 131 Å². The third-order valence-corrected chi connectivity index (χ3v) is 6.72. The summed E-state index contributed by atoms with van der Waals surface area (Å²) in [5.41, 5.74) is 1.18. The molecule has 1 aromatic rings. The number of rotatable bonds is 5. The molecule has 0 bridgehead atoms. The van der Waals surface area contributed by atoms with Gasteiger partial charge in [0.05, 0.1) is 12.7 Å². The normalized spacial score (nSPS) is 28.5. The van der Waals surface area contributed by atoms with Crippen LogP contribution in [0.15, 0.2) is 24.5 Å². The van der Waals surface area contributed by atoms with Crippen LogP contribution in [-0.4, -0.2) is 46.1 Å².